The Balaban J connectivity index is 0.0000202. The highest BCUT2D eigenvalue weighted by Crippen LogP contribution is 2.30. The lowest BCUT2D eigenvalue weighted by molar-refractivity contribution is 0.258. The van der Waals surface area contributed by atoms with E-state index < -0.39 is 0 Å². The predicted molar refractivity (Wildman–Crippen MR) is 208 cm³/mol. The summed E-state index contributed by atoms with van der Waals surface area (Å²) in [6.07, 6.45) is 44.4. The number of unbranched alkanes of at least 4 members (excludes halogenated alkanes) is 30. The molecule has 0 unspecified atom stereocenters. The quantitative estimate of drug-likeness (QED) is 0.0573. The van der Waals surface area contributed by atoms with Crippen LogP contribution in [-0.4, -0.2) is 13.2 Å². The van der Waals surface area contributed by atoms with E-state index >= 15 is 0 Å². The van der Waals surface area contributed by atoms with E-state index in [4.69, 9.17) is 15.2 Å². The number of hydrogen-bond acceptors (Lipinski definition) is 3. The molecule has 0 atom stereocenters. The summed E-state index contributed by atoms with van der Waals surface area (Å²) < 4.78 is 12.2. The summed E-state index contributed by atoms with van der Waals surface area (Å²) in [6.45, 7) is 6.10. The fourth-order valence-corrected chi connectivity index (χ4v) is 6.42. The third-order valence-electron chi connectivity index (χ3n) is 9.48. The number of halogens is 1. The highest BCUT2D eigenvalue weighted by molar-refractivity contribution is 5.85. The number of anilines is 1. The van der Waals surface area contributed by atoms with Gasteiger partial charge in [0, 0.05) is 11.8 Å². The first-order chi connectivity index (χ1) is 22.3. The largest absolute Gasteiger partial charge is 0.490 e. The third-order valence-corrected chi connectivity index (χ3v) is 9.48. The van der Waals surface area contributed by atoms with E-state index in [1.807, 2.05) is 18.2 Å². The number of hydrogen-bond donors (Lipinski definition) is 1. The Labute approximate surface area is 294 Å². The van der Waals surface area contributed by atoms with E-state index in [9.17, 15) is 0 Å². The number of ether oxygens (including phenoxy) is 2. The number of nitrogen functional groups attached to an aromatic ring is 1. The molecule has 0 fully saturated rings. The molecule has 3 nitrogen and oxygen atoms in total. The van der Waals surface area contributed by atoms with Gasteiger partial charge in [-0.2, -0.15) is 0 Å². The average Bonchev–Trinajstić information content (AvgIpc) is 3.04. The molecule has 1 rings (SSSR count). The first-order valence-corrected chi connectivity index (χ1v) is 20.4. The lowest BCUT2D eigenvalue weighted by atomic mass is 10.0. The first kappa shape index (κ1) is 44.9. The lowest BCUT2D eigenvalue weighted by Crippen LogP contribution is -2.03. The summed E-state index contributed by atoms with van der Waals surface area (Å²) >= 11 is 0. The van der Waals surface area contributed by atoms with E-state index in [1.54, 1.807) is 0 Å². The van der Waals surface area contributed by atoms with Crippen LogP contribution in [-0.2, 0) is 0 Å². The van der Waals surface area contributed by atoms with Crippen LogP contribution in [0.4, 0.5) is 5.69 Å². The Morgan fingerprint density at radius 1 is 0.370 bits per heavy atom. The highest BCUT2D eigenvalue weighted by atomic mass is 35.5. The molecule has 2 N–H and O–H groups in total. The van der Waals surface area contributed by atoms with Crippen LogP contribution in [0.1, 0.15) is 219 Å². The molecular weight excluding hydrogens is 586 g/mol. The minimum absolute atomic E-state index is 0. The number of rotatable bonds is 36. The Kier molecular flexibility index (Phi) is 35.9. The van der Waals surface area contributed by atoms with E-state index in [0.717, 1.165) is 43.2 Å². The van der Waals surface area contributed by atoms with Crippen LogP contribution < -0.4 is 15.2 Å². The molecule has 0 saturated heterocycles. The van der Waals surface area contributed by atoms with Crippen LogP contribution in [0.2, 0.25) is 0 Å². The summed E-state index contributed by atoms with van der Waals surface area (Å²) in [4.78, 5) is 0. The van der Waals surface area contributed by atoms with Crippen LogP contribution in [0, 0.1) is 0 Å². The van der Waals surface area contributed by atoms with Gasteiger partial charge in [0.2, 0.25) is 0 Å². The zero-order valence-electron chi connectivity index (χ0n) is 31.1. The fourth-order valence-electron chi connectivity index (χ4n) is 6.42. The Hall–Kier alpha value is -1.09. The Bertz CT molecular complexity index is 728. The molecular formula is C42H80ClNO2. The maximum Gasteiger partial charge on any atom is 0.163 e. The van der Waals surface area contributed by atoms with Crippen molar-refractivity contribution in [3.05, 3.63) is 18.2 Å². The summed E-state index contributed by atoms with van der Waals surface area (Å²) in [6, 6.07) is 5.82. The number of benzene rings is 1. The summed E-state index contributed by atoms with van der Waals surface area (Å²) in [5.74, 6) is 1.66. The SMILES string of the molecule is CCCCCCCCCCCCCCCCCCOc1ccc(N)cc1OCCCCCCCCCCCCCCCCCC.Cl. The van der Waals surface area contributed by atoms with Crippen molar-refractivity contribution in [1.29, 1.82) is 0 Å². The summed E-state index contributed by atoms with van der Waals surface area (Å²) in [5, 5.41) is 0. The summed E-state index contributed by atoms with van der Waals surface area (Å²) in [7, 11) is 0. The lowest BCUT2D eigenvalue weighted by Gasteiger charge is -2.13. The minimum atomic E-state index is 0. The van der Waals surface area contributed by atoms with E-state index in [0.29, 0.717) is 0 Å². The molecule has 272 valence electrons. The second-order valence-electron chi connectivity index (χ2n) is 14.0. The van der Waals surface area contributed by atoms with Gasteiger partial charge >= 0.3 is 0 Å². The molecule has 1 aromatic carbocycles. The van der Waals surface area contributed by atoms with Gasteiger partial charge in [0.1, 0.15) is 0 Å². The van der Waals surface area contributed by atoms with E-state index in [-0.39, 0.29) is 12.4 Å². The highest BCUT2D eigenvalue weighted by Gasteiger charge is 2.06. The molecule has 0 radical (unpaired) electrons. The molecule has 0 aromatic heterocycles. The monoisotopic (exact) mass is 666 g/mol. The minimum Gasteiger partial charge on any atom is -0.490 e. The standard InChI is InChI=1S/C42H79NO2.ClH/c1-3-5-7-9-11-13-15-17-19-21-23-25-27-29-31-33-37-44-41-36-35-40(43)39-42(41)45-38-34-32-30-28-26-24-22-20-18-16-14-12-10-8-6-4-2;/h35-36,39H,3-34,37-38,43H2,1-2H3;1H. The topological polar surface area (TPSA) is 44.5 Å². The zero-order chi connectivity index (χ0) is 32.3. The van der Waals surface area contributed by atoms with Gasteiger partial charge in [0.25, 0.3) is 0 Å². The van der Waals surface area contributed by atoms with Crippen molar-refractivity contribution in [3.8, 4) is 11.5 Å². The Morgan fingerprint density at radius 3 is 0.935 bits per heavy atom. The van der Waals surface area contributed by atoms with Crippen molar-refractivity contribution in [2.45, 2.75) is 219 Å². The van der Waals surface area contributed by atoms with Crippen molar-refractivity contribution < 1.29 is 9.47 Å². The first-order valence-electron chi connectivity index (χ1n) is 20.4. The van der Waals surface area contributed by atoms with Gasteiger partial charge < -0.3 is 15.2 Å². The third kappa shape index (κ3) is 30.3. The van der Waals surface area contributed by atoms with Crippen LogP contribution >= 0.6 is 12.4 Å². The van der Waals surface area contributed by atoms with Crippen LogP contribution in [0.15, 0.2) is 18.2 Å². The van der Waals surface area contributed by atoms with Crippen molar-refractivity contribution >= 4 is 18.1 Å². The molecule has 4 heteroatoms. The van der Waals surface area contributed by atoms with Crippen LogP contribution in [0.25, 0.3) is 0 Å². The second kappa shape index (κ2) is 36.7. The maximum atomic E-state index is 6.12. The van der Waals surface area contributed by atoms with Crippen LogP contribution in [0.3, 0.4) is 0 Å². The van der Waals surface area contributed by atoms with Gasteiger partial charge in [0.05, 0.1) is 13.2 Å². The average molecular weight is 667 g/mol. The van der Waals surface area contributed by atoms with Gasteiger partial charge in [0.15, 0.2) is 11.5 Å². The number of nitrogens with two attached hydrogens (primary N) is 1. The van der Waals surface area contributed by atoms with Gasteiger partial charge in [-0.3, -0.25) is 0 Å². The molecule has 0 amide bonds. The van der Waals surface area contributed by atoms with E-state index in [1.165, 1.54) is 193 Å². The molecule has 0 saturated carbocycles. The predicted octanol–water partition coefficient (Wildman–Crippen LogP) is 15.0. The van der Waals surface area contributed by atoms with Gasteiger partial charge in [-0.15, -0.1) is 12.4 Å². The van der Waals surface area contributed by atoms with Crippen molar-refractivity contribution in [2.24, 2.45) is 0 Å². The molecule has 0 aliphatic carbocycles. The molecule has 0 bridgehead atoms. The maximum absolute atomic E-state index is 6.12. The van der Waals surface area contributed by atoms with Crippen molar-refractivity contribution in [2.75, 3.05) is 18.9 Å². The zero-order valence-corrected chi connectivity index (χ0v) is 31.9. The second-order valence-corrected chi connectivity index (χ2v) is 14.0. The smallest absolute Gasteiger partial charge is 0.163 e. The fraction of sp³-hybridized carbons (Fsp3) is 0.857. The Morgan fingerprint density at radius 2 is 0.630 bits per heavy atom. The molecule has 0 heterocycles. The summed E-state index contributed by atoms with van der Waals surface area (Å²) in [5.41, 5.74) is 6.80. The van der Waals surface area contributed by atoms with E-state index in [2.05, 4.69) is 13.8 Å². The van der Waals surface area contributed by atoms with Crippen molar-refractivity contribution in [3.63, 3.8) is 0 Å². The molecule has 0 aliphatic rings. The molecule has 0 aliphatic heterocycles. The van der Waals surface area contributed by atoms with Gasteiger partial charge in [-0.05, 0) is 25.0 Å². The van der Waals surface area contributed by atoms with Crippen molar-refractivity contribution in [1.82, 2.24) is 0 Å². The van der Waals surface area contributed by atoms with Gasteiger partial charge in [-0.25, -0.2) is 0 Å². The molecule has 0 spiro atoms. The van der Waals surface area contributed by atoms with Crippen LogP contribution in [0.5, 0.6) is 11.5 Å². The molecule has 1 aromatic rings. The van der Waals surface area contributed by atoms with Gasteiger partial charge in [-0.1, -0.05) is 206 Å². The normalized spacial score (nSPS) is 11.1. The molecule has 46 heavy (non-hydrogen) atoms.